The maximum Gasteiger partial charge on any atom is 0.311 e. The van der Waals surface area contributed by atoms with Crippen molar-refractivity contribution in [1.29, 1.82) is 0 Å². The van der Waals surface area contributed by atoms with Gasteiger partial charge in [0.2, 0.25) is 0 Å². The second kappa shape index (κ2) is 8.04. The maximum absolute atomic E-state index is 12.0. The summed E-state index contributed by atoms with van der Waals surface area (Å²) >= 11 is 0. The highest BCUT2D eigenvalue weighted by Gasteiger charge is 2.39. The lowest BCUT2D eigenvalue weighted by Gasteiger charge is -2.39. The van der Waals surface area contributed by atoms with Crippen LogP contribution in [-0.2, 0) is 9.53 Å². The Morgan fingerprint density at radius 1 is 1.47 bits per heavy atom. The second-order valence-electron chi connectivity index (χ2n) is 5.14. The number of hydrogen-bond donors (Lipinski definition) is 2. The van der Waals surface area contributed by atoms with Crippen molar-refractivity contribution in [2.45, 2.75) is 38.3 Å². The molecule has 0 aromatic carbocycles. The molecule has 2 aliphatic rings. The number of carbonyl (C=O) groups excluding carboxylic acids is 1. The number of aliphatic hydroxyl groups is 1. The SMILES string of the molecule is CCOC(=O)C1CNCCC1N1CCCC1CO.Cl. The van der Waals surface area contributed by atoms with E-state index in [2.05, 4.69) is 10.2 Å². The van der Waals surface area contributed by atoms with Crippen molar-refractivity contribution in [1.82, 2.24) is 10.2 Å². The first-order valence-electron chi connectivity index (χ1n) is 7.01. The zero-order valence-corrected chi connectivity index (χ0v) is 12.3. The molecule has 0 amide bonds. The Balaban J connectivity index is 0.00000180. The molecule has 0 bridgehead atoms. The van der Waals surface area contributed by atoms with E-state index in [1.165, 1.54) is 0 Å². The molecular weight excluding hydrogens is 268 g/mol. The molecule has 0 aliphatic carbocycles. The molecule has 5 nitrogen and oxygen atoms in total. The smallest absolute Gasteiger partial charge is 0.311 e. The van der Waals surface area contributed by atoms with Gasteiger partial charge in [0.05, 0.1) is 19.1 Å². The van der Waals surface area contributed by atoms with Crippen LogP contribution in [0.4, 0.5) is 0 Å². The Hall–Kier alpha value is -0.360. The van der Waals surface area contributed by atoms with Crippen molar-refractivity contribution in [3.8, 4) is 0 Å². The molecule has 0 radical (unpaired) electrons. The molecule has 3 atom stereocenters. The second-order valence-corrected chi connectivity index (χ2v) is 5.14. The van der Waals surface area contributed by atoms with Crippen LogP contribution in [0.5, 0.6) is 0 Å². The summed E-state index contributed by atoms with van der Waals surface area (Å²) in [5.41, 5.74) is 0. The van der Waals surface area contributed by atoms with Gasteiger partial charge in [-0.2, -0.15) is 0 Å². The number of ether oxygens (including phenoxy) is 1. The van der Waals surface area contributed by atoms with Crippen LogP contribution >= 0.6 is 12.4 Å². The zero-order chi connectivity index (χ0) is 13.0. The van der Waals surface area contributed by atoms with Gasteiger partial charge >= 0.3 is 5.97 Å². The zero-order valence-electron chi connectivity index (χ0n) is 11.5. The summed E-state index contributed by atoms with van der Waals surface area (Å²) in [4.78, 5) is 14.3. The fourth-order valence-corrected chi connectivity index (χ4v) is 3.22. The summed E-state index contributed by atoms with van der Waals surface area (Å²) in [6.07, 6.45) is 3.11. The summed E-state index contributed by atoms with van der Waals surface area (Å²) in [7, 11) is 0. The molecule has 0 spiro atoms. The predicted octanol–water partition coefficient (Wildman–Crippen LogP) is 0.406. The number of likely N-dealkylation sites (tertiary alicyclic amines) is 1. The van der Waals surface area contributed by atoms with Gasteiger partial charge in [-0.3, -0.25) is 9.69 Å². The molecular formula is C13H25ClN2O3. The van der Waals surface area contributed by atoms with Crippen molar-refractivity contribution in [2.24, 2.45) is 5.92 Å². The number of carbonyl (C=O) groups is 1. The highest BCUT2D eigenvalue weighted by molar-refractivity contribution is 5.85. The average molecular weight is 293 g/mol. The first-order chi connectivity index (χ1) is 8.77. The number of rotatable bonds is 4. The van der Waals surface area contributed by atoms with Crippen molar-refractivity contribution >= 4 is 18.4 Å². The van der Waals surface area contributed by atoms with E-state index >= 15 is 0 Å². The van der Waals surface area contributed by atoms with Crippen molar-refractivity contribution in [3.05, 3.63) is 0 Å². The van der Waals surface area contributed by atoms with Crippen LogP contribution in [0.2, 0.25) is 0 Å². The molecule has 2 saturated heterocycles. The lowest BCUT2D eigenvalue weighted by molar-refractivity contribution is -0.151. The van der Waals surface area contributed by atoms with Gasteiger partial charge in [-0.15, -0.1) is 12.4 Å². The normalized spacial score (nSPS) is 31.8. The summed E-state index contributed by atoms with van der Waals surface area (Å²) in [6.45, 7) is 5.10. The monoisotopic (exact) mass is 292 g/mol. The van der Waals surface area contributed by atoms with Gasteiger partial charge in [0.15, 0.2) is 0 Å². The van der Waals surface area contributed by atoms with Crippen molar-refractivity contribution < 1.29 is 14.6 Å². The van der Waals surface area contributed by atoms with Gasteiger partial charge in [0, 0.05) is 18.6 Å². The number of nitrogens with zero attached hydrogens (tertiary/aromatic N) is 1. The third kappa shape index (κ3) is 3.81. The average Bonchev–Trinajstić information content (AvgIpc) is 2.87. The Bertz CT molecular complexity index is 291. The highest BCUT2D eigenvalue weighted by Crippen LogP contribution is 2.27. The minimum Gasteiger partial charge on any atom is -0.466 e. The summed E-state index contributed by atoms with van der Waals surface area (Å²) < 4.78 is 5.17. The van der Waals surface area contributed by atoms with E-state index in [0.717, 1.165) is 32.4 Å². The van der Waals surface area contributed by atoms with Gasteiger partial charge < -0.3 is 15.2 Å². The first-order valence-corrected chi connectivity index (χ1v) is 7.01. The largest absolute Gasteiger partial charge is 0.466 e. The maximum atomic E-state index is 12.0. The molecule has 2 heterocycles. The van der Waals surface area contributed by atoms with E-state index in [4.69, 9.17) is 4.74 Å². The van der Waals surface area contributed by atoms with Crippen molar-refractivity contribution in [3.63, 3.8) is 0 Å². The number of piperidine rings is 1. The van der Waals surface area contributed by atoms with Gasteiger partial charge in [0.1, 0.15) is 0 Å². The minimum atomic E-state index is -0.0988. The third-order valence-corrected chi connectivity index (χ3v) is 4.09. The topological polar surface area (TPSA) is 61.8 Å². The molecule has 2 N–H and O–H groups in total. The van der Waals surface area contributed by atoms with Crippen LogP contribution in [0.15, 0.2) is 0 Å². The molecule has 6 heteroatoms. The molecule has 0 aromatic heterocycles. The van der Waals surface area contributed by atoms with Crippen molar-refractivity contribution in [2.75, 3.05) is 32.8 Å². The van der Waals surface area contributed by atoms with Crippen LogP contribution in [0.3, 0.4) is 0 Å². The Morgan fingerprint density at radius 2 is 2.26 bits per heavy atom. The van der Waals surface area contributed by atoms with Crippen LogP contribution in [0.1, 0.15) is 26.2 Å². The van der Waals surface area contributed by atoms with Crippen LogP contribution in [0, 0.1) is 5.92 Å². The third-order valence-electron chi connectivity index (χ3n) is 4.09. The fraction of sp³-hybridized carbons (Fsp3) is 0.923. The Kier molecular flexibility index (Phi) is 7.07. The van der Waals surface area contributed by atoms with Crippen LogP contribution in [0.25, 0.3) is 0 Å². The van der Waals surface area contributed by atoms with E-state index in [9.17, 15) is 9.90 Å². The Morgan fingerprint density at radius 3 is 2.95 bits per heavy atom. The van der Waals surface area contributed by atoms with Gasteiger partial charge in [-0.05, 0) is 39.3 Å². The lowest BCUT2D eigenvalue weighted by atomic mass is 9.91. The molecule has 19 heavy (non-hydrogen) atoms. The lowest BCUT2D eigenvalue weighted by Crippen LogP contribution is -2.54. The molecule has 3 unspecified atom stereocenters. The number of hydrogen-bond acceptors (Lipinski definition) is 5. The molecule has 2 fully saturated rings. The summed E-state index contributed by atoms with van der Waals surface area (Å²) in [5.74, 6) is -0.191. The van der Waals surface area contributed by atoms with E-state index < -0.39 is 0 Å². The fourth-order valence-electron chi connectivity index (χ4n) is 3.22. The van der Waals surface area contributed by atoms with Gasteiger partial charge in [-0.1, -0.05) is 0 Å². The summed E-state index contributed by atoms with van der Waals surface area (Å²) in [5, 5.41) is 12.7. The van der Waals surface area contributed by atoms with E-state index in [1.807, 2.05) is 6.92 Å². The summed E-state index contributed by atoms with van der Waals surface area (Å²) in [6, 6.07) is 0.454. The molecule has 2 rings (SSSR count). The molecule has 112 valence electrons. The molecule has 2 aliphatic heterocycles. The Labute approximate surface area is 121 Å². The van der Waals surface area contributed by atoms with E-state index in [-0.39, 0.29) is 43.0 Å². The first kappa shape index (κ1) is 16.7. The number of nitrogens with one attached hydrogen (secondary N) is 1. The van der Waals surface area contributed by atoms with E-state index in [0.29, 0.717) is 13.2 Å². The number of esters is 1. The highest BCUT2D eigenvalue weighted by atomic mass is 35.5. The molecule has 0 saturated carbocycles. The van der Waals surface area contributed by atoms with Gasteiger partial charge in [-0.25, -0.2) is 0 Å². The van der Waals surface area contributed by atoms with Crippen LogP contribution < -0.4 is 5.32 Å². The predicted molar refractivity (Wildman–Crippen MR) is 75.5 cm³/mol. The standard InChI is InChI=1S/C13H24N2O3.ClH/c1-2-18-13(17)11-8-14-6-5-12(11)15-7-3-4-10(15)9-16;/h10-12,14,16H,2-9H2,1H3;1H. The molecule has 0 aromatic rings. The van der Waals surface area contributed by atoms with Gasteiger partial charge in [0.25, 0.3) is 0 Å². The number of aliphatic hydroxyl groups excluding tert-OH is 1. The quantitative estimate of drug-likeness (QED) is 0.735. The minimum absolute atomic E-state index is 0. The van der Waals surface area contributed by atoms with E-state index in [1.54, 1.807) is 0 Å². The number of halogens is 1. The van der Waals surface area contributed by atoms with Crippen LogP contribution in [-0.4, -0.2) is 60.9 Å².